The van der Waals surface area contributed by atoms with Gasteiger partial charge >= 0.3 is 6.18 Å². The minimum Gasteiger partial charge on any atom is -0.398 e. The van der Waals surface area contributed by atoms with E-state index < -0.39 is 12.7 Å². The summed E-state index contributed by atoms with van der Waals surface area (Å²) in [5.74, 6) is 0.111. The van der Waals surface area contributed by atoms with E-state index in [4.69, 9.17) is 10.8 Å². The van der Waals surface area contributed by atoms with Crippen molar-refractivity contribution in [2.45, 2.75) is 13.1 Å². The molecule has 0 aromatic carbocycles. The van der Waals surface area contributed by atoms with E-state index in [0.717, 1.165) is 4.90 Å². The highest BCUT2D eigenvalue weighted by Gasteiger charge is 2.31. The van der Waals surface area contributed by atoms with Crippen molar-refractivity contribution >= 4 is 11.5 Å². The third kappa shape index (κ3) is 4.10. The number of nitrogens with two attached hydrogens (primary N) is 1. The number of aliphatic hydroxyl groups excluding tert-OH is 1. The van der Waals surface area contributed by atoms with Crippen molar-refractivity contribution in [3.63, 3.8) is 0 Å². The fraction of sp³-hybridized carbons (Fsp3) is 0.500. The first-order chi connectivity index (χ1) is 7.83. The molecular weight excluding hydrogens is 235 g/mol. The van der Waals surface area contributed by atoms with Crippen LogP contribution in [-0.2, 0) is 0 Å². The Kier molecular flexibility index (Phi) is 4.17. The zero-order valence-electron chi connectivity index (χ0n) is 9.33. The van der Waals surface area contributed by atoms with Crippen molar-refractivity contribution < 1.29 is 18.3 Å². The van der Waals surface area contributed by atoms with Crippen LogP contribution in [0.5, 0.6) is 0 Å². The van der Waals surface area contributed by atoms with Crippen LogP contribution in [0.3, 0.4) is 0 Å². The van der Waals surface area contributed by atoms with Gasteiger partial charge in [0, 0.05) is 24.5 Å². The van der Waals surface area contributed by atoms with Gasteiger partial charge in [0.1, 0.15) is 12.4 Å². The molecule has 1 aromatic rings. The Morgan fingerprint density at radius 1 is 1.47 bits per heavy atom. The lowest BCUT2D eigenvalue weighted by molar-refractivity contribution is -0.119. The summed E-state index contributed by atoms with van der Waals surface area (Å²) in [4.78, 5) is 4.82. The molecule has 0 bridgehead atoms. The lowest BCUT2D eigenvalue weighted by Crippen LogP contribution is -2.36. The summed E-state index contributed by atoms with van der Waals surface area (Å²) < 4.78 is 36.9. The Hall–Kier alpha value is -1.50. The molecule has 0 fully saturated rings. The molecule has 0 aliphatic heterocycles. The molecule has 1 rings (SSSR count). The molecule has 96 valence electrons. The molecule has 17 heavy (non-hydrogen) atoms. The Balaban J connectivity index is 2.93. The van der Waals surface area contributed by atoms with Gasteiger partial charge in [-0.3, -0.25) is 0 Å². The van der Waals surface area contributed by atoms with E-state index in [1.165, 1.54) is 12.3 Å². The molecular formula is C10H14F3N3O. The van der Waals surface area contributed by atoms with Gasteiger partial charge in [-0.05, 0) is 12.5 Å². The molecule has 0 aliphatic carbocycles. The number of aromatic nitrogens is 1. The van der Waals surface area contributed by atoms with Gasteiger partial charge in [-0.15, -0.1) is 0 Å². The molecule has 0 saturated heterocycles. The topological polar surface area (TPSA) is 62.4 Å². The number of aryl methyl sites for hydroxylation is 1. The molecule has 0 saturated carbocycles. The zero-order valence-corrected chi connectivity index (χ0v) is 9.33. The van der Waals surface area contributed by atoms with E-state index in [1.807, 2.05) is 0 Å². The summed E-state index contributed by atoms with van der Waals surface area (Å²) >= 11 is 0. The van der Waals surface area contributed by atoms with Crippen molar-refractivity contribution in [3.8, 4) is 0 Å². The Labute approximate surface area is 96.9 Å². The second kappa shape index (κ2) is 5.22. The van der Waals surface area contributed by atoms with Crippen molar-refractivity contribution in [3.05, 3.63) is 17.8 Å². The number of rotatable bonds is 4. The molecule has 0 unspecified atom stereocenters. The normalized spacial score (nSPS) is 11.6. The maximum Gasteiger partial charge on any atom is 0.405 e. The summed E-state index contributed by atoms with van der Waals surface area (Å²) in [5, 5.41) is 8.75. The van der Waals surface area contributed by atoms with Crippen LogP contribution in [0.1, 0.15) is 5.56 Å². The maximum atomic E-state index is 12.3. The van der Waals surface area contributed by atoms with Gasteiger partial charge in [0.15, 0.2) is 0 Å². The van der Waals surface area contributed by atoms with Gasteiger partial charge < -0.3 is 15.7 Å². The second-order valence-electron chi connectivity index (χ2n) is 3.66. The van der Waals surface area contributed by atoms with E-state index in [0.29, 0.717) is 11.3 Å². The predicted octanol–water partition coefficient (Wildman–Crippen LogP) is 1.33. The smallest absolute Gasteiger partial charge is 0.398 e. The van der Waals surface area contributed by atoms with Crippen LogP contribution in [0.15, 0.2) is 12.3 Å². The number of nitrogen functional groups attached to an aromatic ring is 1. The van der Waals surface area contributed by atoms with Crippen molar-refractivity contribution in [1.82, 2.24) is 4.98 Å². The third-order valence-electron chi connectivity index (χ3n) is 2.19. The molecule has 0 atom stereocenters. The van der Waals surface area contributed by atoms with Gasteiger partial charge in [0.05, 0.1) is 6.61 Å². The molecule has 0 radical (unpaired) electrons. The largest absolute Gasteiger partial charge is 0.405 e. The van der Waals surface area contributed by atoms with Crippen LogP contribution in [0.25, 0.3) is 0 Å². The van der Waals surface area contributed by atoms with E-state index in [2.05, 4.69) is 4.98 Å². The number of hydrogen-bond acceptors (Lipinski definition) is 4. The fourth-order valence-electron chi connectivity index (χ4n) is 1.31. The molecule has 3 N–H and O–H groups in total. The van der Waals surface area contributed by atoms with Crippen LogP contribution in [0.4, 0.5) is 24.7 Å². The van der Waals surface area contributed by atoms with Crippen molar-refractivity contribution in [2.75, 3.05) is 30.3 Å². The van der Waals surface area contributed by atoms with E-state index in [9.17, 15) is 13.2 Å². The molecule has 4 nitrogen and oxygen atoms in total. The molecule has 0 spiro atoms. The van der Waals surface area contributed by atoms with Crippen LogP contribution < -0.4 is 10.6 Å². The summed E-state index contributed by atoms with van der Waals surface area (Å²) in [6.45, 7) is 0.0237. The summed E-state index contributed by atoms with van der Waals surface area (Å²) in [6.07, 6.45) is -2.94. The average molecular weight is 249 g/mol. The number of pyridine rings is 1. The maximum absolute atomic E-state index is 12.3. The molecule has 1 aromatic heterocycles. The van der Waals surface area contributed by atoms with E-state index >= 15 is 0 Å². The molecule has 7 heteroatoms. The minimum atomic E-state index is -4.35. The predicted molar refractivity (Wildman–Crippen MR) is 58.7 cm³/mol. The van der Waals surface area contributed by atoms with E-state index in [1.54, 1.807) is 6.92 Å². The zero-order chi connectivity index (χ0) is 13.1. The van der Waals surface area contributed by atoms with Crippen LogP contribution >= 0.6 is 0 Å². The summed E-state index contributed by atoms with van der Waals surface area (Å²) in [5.41, 5.74) is 6.68. The summed E-state index contributed by atoms with van der Waals surface area (Å²) in [7, 11) is 0. The number of aliphatic hydroxyl groups is 1. The van der Waals surface area contributed by atoms with Crippen LogP contribution in [-0.4, -0.2) is 36.0 Å². The number of alkyl halides is 3. The number of hydrogen-bond donors (Lipinski definition) is 2. The molecule has 0 amide bonds. The van der Waals surface area contributed by atoms with Gasteiger partial charge in [-0.2, -0.15) is 13.2 Å². The first-order valence-corrected chi connectivity index (χ1v) is 4.98. The third-order valence-corrected chi connectivity index (χ3v) is 2.19. The molecule has 1 heterocycles. The standard InChI is InChI=1S/C10H14F3N3O/c1-7-5-15-9(4-8(7)14)16(2-3-17)6-10(11,12)13/h4-5,17H,2-3,6H2,1H3,(H2,14,15). The minimum absolute atomic E-state index is 0.111. The SMILES string of the molecule is Cc1cnc(N(CCO)CC(F)(F)F)cc1N. The monoisotopic (exact) mass is 249 g/mol. The lowest BCUT2D eigenvalue weighted by Gasteiger charge is -2.24. The number of anilines is 2. The highest BCUT2D eigenvalue weighted by molar-refractivity contribution is 5.54. The fourth-order valence-corrected chi connectivity index (χ4v) is 1.31. The van der Waals surface area contributed by atoms with Crippen molar-refractivity contribution in [1.29, 1.82) is 0 Å². The van der Waals surface area contributed by atoms with Gasteiger partial charge in [0.25, 0.3) is 0 Å². The lowest BCUT2D eigenvalue weighted by atomic mass is 10.2. The first kappa shape index (κ1) is 13.6. The second-order valence-corrected chi connectivity index (χ2v) is 3.66. The Morgan fingerprint density at radius 2 is 2.12 bits per heavy atom. The van der Waals surface area contributed by atoms with Crippen LogP contribution in [0.2, 0.25) is 0 Å². The average Bonchev–Trinajstić information content (AvgIpc) is 2.19. The molecule has 0 aliphatic rings. The highest BCUT2D eigenvalue weighted by Crippen LogP contribution is 2.22. The number of halogens is 3. The first-order valence-electron chi connectivity index (χ1n) is 4.98. The summed E-state index contributed by atoms with van der Waals surface area (Å²) in [6, 6.07) is 1.37. The highest BCUT2D eigenvalue weighted by atomic mass is 19.4. The Morgan fingerprint density at radius 3 is 2.59 bits per heavy atom. The van der Waals surface area contributed by atoms with Gasteiger partial charge in [-0.1, -0.05) is 0 Å². The number of nitrogens with zero attached hydrogens (tertiary/aromatic N) is 2. The van der Waals surface area contributed by atoms with Crippen LogP contribution in [0, 0.1) is 6.92 Å². The van der Waals surface area contributed by atoms with Gasteiger partial charge in [-0.25, -0.2) is 4.98 Å². The van der Waals surface area contributed by atoms with Crippen molar-refractivity contribution in [2.24, 2.45) is 0 Å². The van der Waals surface area contributed by atoms with E-state index in [-0.39, 0.29) is 19.0 Å². The quantitative estimate of drug-likeness (QED) is 0.845. The van der Waals surface area contributed by atoms with Gasteiger partial charge in [0.2, 0.25) is 0 Å². The Bertz CT molecular complexity index is 382.